The molecule has 0 amide bonds. The van der Waals surface area contributed by atoms with Gasteiger partial charge in [0.15, 0.2) is 29.5 Å². The first-order valence-electron chi connectivity index (χ1n) is 8.10. The summed E-state index contributed by atoms with van der Waals surface area (Å²) in [6.45, 7) is -1.24. The summed E-state index contributed by atoms with van der Waals surface area (Å²) in [5.74, 6) is -3.27. The smallest absolute Gasteiger partial charge is 0.420 e. The number of non-ortho nitro benzene ring substituents is 1. The molecule has 0 saturated heterocycles. The number of nitro benzene ring substituents is 1. The lowest BCUT2D eigenvalue weighted by atomic mass is 10.1. The van der Waals surface area contributed by atoms with Crippen molar-refractivity contribution in [3.05, 3.63) is 68.4 Å². The highest BCUT2D eigenvalue weighted by Gasteiger charge is 2.18. The number of methoxy groups -OCH3 is 1. The van der Waals surface area contributed by atoms with Gasteiger partial charge in [-0.1, -0.05) is 0 Å². The molecule has 29 heavy (non-hydrogen) atoms. The van der Waals surface area contributed by atoms with Crippen LogP contribution in [0.5, 0.6) is 5.75 Å². The number of halogens is 1. The van der Waals surface area contributed by atoms with E-state index in [9.17, 15) is 28.9 Å². The fraction of sp³-hybridized carbons (Fsp3) is 0.167. The Balaban J connectivity index is 1.69. The molecule has 0 radical (unpaired) electrons. The monoisotopic (exact) mass is 404 g/mol. The lowest BCUT2D eigenvalue weighted by Crippen LogP contribution is -2.23. The van der Waals surface area contributed by atoms with Crippen molar-refractivity contribution in [3.63, 3.8) is 0 Å². The summed E-state index contributed by atoms with van der Waals surface area (Å²) in [5, 5.41) is 10.8. The summed E-state index contributed by atoms with van der Waals surface area (Å²) in [5.41, 5.74) is -0.212. The Morgan fingerprint density at radius 1 is 1.24 bits per heavy atom. The zero-order valence-corrected chi connectivity index (χ0v) is 14.9. The van der Waals surface area contributed by atoms with E-state index in [0.29, 0.717) is 0 Å². The van der Waals surface area contributed by atoms with E-state index in [1.165, 1.54) is 25.3 Å². The molecule has 0 aliphatic carbocycles. The Morgan fingerprint density at radius 2 is 2.00 bits per heavy atom. The van der Waals surface area contributed by atoms with Gasteiger partial charge in [0, 0.05) is 11.6 Å². The molecule has 2 aromatic carbocycles. The van der Waals surface area contributed by atoms with Crippen LogP contribution in [0, 0.1) is 15.9 Å². The van der Waals surface area contributed by atoms with Crippen molar-refractivity contribution in [2.24, 2.45) is 0 Å². The highest BCUT2D eigenvalue weighted by molar-refractivity contribution is 5.98. The number of oxazole rings is 1. The third-order valence-corrected chi connectivity index (χ3v) is 3.99. The highest BCUT2D eigenvalue weighted by atomic mass is 19.1. The maximum atomic E-state index is 13.7. The normalized spacial score (nSPS) is 10.7. The Hall–Kier alpha value is -4.02. The maximum absolute atomic E-state index is 13.7. The second kappa shape index (κ2) is 7.92. The van der Waals surface area contributed by atoms with Gasteiger partial charge in [-0.15, -0.1) is 0 Å². The van der Waals surface area contributed by atoms with Crippen molar-refractivity contribution in [3.8, 4) is 5.75 Å². The largest absolute Gasteiger partial charge is 0.494 e. The third-order valence-electron chi connectivity index (χ3n) is 3.99. The highest BCUT2D eigenvalue weighted by Crippen LogP contribution is 2.20. The van der Waals surface area contributed by atoms with E-state index >= 15 is 0 Å². The number of ether oxygens (including phenoxy) is 2. The standard InChI is InChI=1S/C18H13FN2O8/c1-27-15-5-2-10(6-12(15)19)14(22)9-28-17(23)8-20-13-4-3-11(21(25)26)7-16(13)29-18(20)24/h2-7H,8-9H2,1H3. The molecule has 0 bridgehead atoms. The summed E-state index contributed by atoms with van der Waals surface area (Å²) in [6, 6.07) is 7.01. The third kappa shape index (κ3) is 4.13. The molecule has 3 aromatic rings. The van der Waals surface area contributed by atoms with E-state index in [1.807, 2.05) is 0 Å². The van der Waals surface area contributed by atoms with Crippen LogP contribution in [0.4, 0.5) is 10.1 Å². The molecule has 0 N–H and O–H groups in total. The van der Waals surface area contributed by atoms with Crippen LogP contribution in [0.2, 0.25) is 0 Å². The van der Waals surface area contributed by atoms with Crippen LogP contribution in [0.1, 0.15) is 10.4 Å². The molecular weight excluding hydrogens is 391 g/mol. The fourth-order valence-corrected chi connectivity index (χ4v) is 2.56. The molecule has 3 rings (SSSR count). The SMILES string of the molecule is COc1ccc(C(=O)COC(=O)Cn2c(=O)oc3cc([N+](=O)[O-])ccc32)cc1F. The molecule has 0 fully saturated rings. The molecule has 0 unspecified atom stereocenters. The van der Waals surface area contributed by atoms with Crippen molar-refractivity contribution in [1.82, 2.24) is 4.57 Å². The first-order valence-corrected chi connectivity index (χ1v) is 8.10. The zero-order chi connectivity index (χ0) is 21.1. The number of hydrogen-bond acceptors (Lipinski definition) is 8. The lowest BCUT2D eigenvalue weighted by molar-refractivity contribution is -0.384. The van der Waals surface area contributed by atoms with Crippen molar-refractivity contribution < 1.29 is 32.8 Å². The molecule has 11 heteroatoms. The first kappa shape index (κ1) is 19.7. The number of Topliss-reactive ketones (excluding diaryl/α,β-unsaturated/α-hetero) is 1. The second-order valence-corrected chi connectivity index (χ2v) is 5.80. The van der Waals surface area contributed by atoms with Gasteiger partial charge < -0.3 is 13.9 Å². The molecule has 0 aliphatic heterocycles. The van der Waals surface area contributed by atoms with Crippen LogP contribution in [0.25, 0.3) is 11.1 Å². The second-order valence-electron chi connectivity index (χ2n) is 5.80. The summed E-state index contributed by atoms with van der Waals surface area (Å²) < 4.78 is 29.1. The summed E-state index contributed by atoms with van der Waals surface area (Å²) in [4.78, 5) is 46.1. The van der Waals surface area contributed by atoms with Crippen molar-refractivity contribution >= 4 is 28.5 Å². The van der Waals surface area contributed by atoms with E-state index in [4.69, 9.17) is 13.9 Å². The molecule has 0 aliphatic rings. The average Bonchev–Trinajstić information content (AvgIpc) is 3.00. The van der Waals surface area contributed by atoms with Gasteiger partial charge in [-0.25, -0.2) is 9.18 Å². The minimum Gasteiger partial charge on any atom is -0.494 e. The molecule has 1 heterocycles. The van der Waals surface area contributed by atoms with Crippen LogP contribution in [0.3, 0.4) is 0 Å². The summed E-state index contributed by atoms with van der Waals surface area (Å²) in [7, 11) is 1.28. The zero-order valence-electron chi connectivity index (χ0n) is 14.9. The lowest BCUT2D eigenvalue weighted by Gasteiger charge is -2.06. The van der Waals surface area contributed by atoms with Gasteiger partial charge in [-0.05, 0) is 24.3 Å². The number of nitro groups is 1. The number of nitrogens with zero attached hydrogens (tertiary/aromatic N) is 2. The molecule has 0 atom stereocenters. The summed E-state index contributed by atoms with van der Waals surface area (Å²) >= 11 is 0. The van der Waals surface area contributed by atoms with Gasteiger partial charge in [-0.3, -0.25) is 24.3 Å². The number of hydrogen-bond donors (Lipinski definition) is 0. The molecule has 10 nitrogen and oxygen atoms in total. The van der Waals surface area contributed by atoms with Gasteiger partial charge in [0.05, 0.1) is 23.6 Å². The molecule has 0 saturated carbocycles. The number of carbonyl (C=O) groups is 2. The molecule has 0 spiro atoms. The van der Waals surface area contributed by atoms with Gasteiger partial charge in [0.2, 0.25) is 0 Å². The topological polar surface area (TPSA) is 131 Å². The van der Waals surface area contributed by atoms with E-state index in [-0.39, 0.29) is 28.1 Å². The minimum absolute atomic E-state index is 0.0191. The minimum atomic E-state index is -0.921. The Kier molecular flexibility index (Phi) is 5.39. The fourth-order valence-electron chi connectivity index (χ4n) is 2.56. The number of fused-ring (bicyclic) bond motifs is 1. The first-order chi connectivity index (χ1) is 13.8. The quantitative estimate of drug-likeness (QED) is 0.253. The van der Waals surface area contributed by atoms with E-state index in [0.717, 1.165) is 22.8 Å². The number of ketones is 1. The van der Waals surface area contributed by atoms with Gasteiger partial charge in [-0.2, -0.15) is 0 Å². The van der Waals surface area contributed by atoms with Crippen LogP contribution in [0.15, 0.2) is 45.6 Å². The number of rotatable bonds is 7. The number of aromatic nitrogens is 1. The number of esters is 1. The van der Waals surface area contributed by atoms with Crippen molar-refractivity contribution in [1.29, 1.82) is 0 Å². The Morgan fingerprint density at radius 3 is 2.66 bits per heavy atom. The average molecular weight is 404 g/mol. The molecule has 150 valence electrons. The van der Waals surface area contributed by atoms with E-state index in [1.54, 1.807) is 0 Å². The molecular formula is C18H13FN2O8. The number of benzene rings is 2. The van der Waals surface area contributed by atoms with E-state index in [2.05, 4.69) is 0 Å². The summed E-state index contributed by atoms with van der Waals surface area (Å²) in [6.07, 6.45) is 0. The molecule has 1 aromatic heterocycles. The van der Waals surface area contributed by atoms with Gasteiger partial charge >= 0.3 is 11.7 Å². The van der Waals surface area contributed by atoms with Crippen molar-refractivity contribution in [2.45, 2.75) is 6.54 Å². The van der Waals surface area contributed by atoms with Crippen LogP contribution in [-0.4, -0.2) is 35.0 Å². The maximum Gasteiger partial charge on any atom is 0.420 e. The Labute approximate surface area is 161 Å². The van der Waals surface area contributed by atoms with Crippen LogP contribution in [-0.2, 0) is 16.1 Å². The van der Waals surface area contributed by atoms with Gasteiger partial charge in [0.1, 0.15) is 6.54 Å². The Bertz CT molecular complexity index is 1180. The predicted octanol–water partition coefficient (Wildman–Crippen LogP) is 2.08. The van der Waals surface area contributed by atoms with Crippen molar-refractivity contribution in [2.75, 3.05) is 13.7 Å². The van der Waals surface area contributed by atoms with Crippen LogP contribution < -0.4 is 10.5 Å². The number of carbonyl (C=O) groups excluding carboxylic acids is 2. The van der Waals surface area contributed by atoms with Crippen LogP contribution >= 0.6 is 0 Å². The predicted molar refractivity (Wildman–Crippen MR) is 95.4 cm³/mol. The van der Waals surface area contributed by atoms with Gasteiger partial charge in [0.25, 0.3) is 5.69 Å². The van der Waals surface area contributed by atoms with E-state index < -0.39 is 41.4 Å².